The van der Waals surface area contributed by atoms with Gasteiger partial charge in [-0.2, -0.15) is 0 Å². The van der Waals surface area contributed by atoms with Crippen molar-refractivity contribution < 1.29 is 28.1 Å². The minimum atomic E-state index is -0.328. The monoisotopic (exact) mass is 566 g/mol. The molecule has 0 radical (unpaired) electrons. The molecule has 6 rings (SSSR count). The SMILES string of the molecule is COc1ccc(COc2c3ncc(Cc4ccc(F)cc4)cc3c(OC)c3cn(Cc4ccc(F)cc4)c(O)c23)cc1. The van der Waals surface area contributed by atoms with E-state index in [1.54, 1.807) is 55.4 Å². The second-order valence-corrected chi connectivity index (χ2v) is 10.0. The molecule has 42 heavy (non-hydrogen) atoms. The van der Waals surface area contributed by atoms with Crippen molar-refractivity contribution in [1.29, 1.82) is 0 Å². The Morgan fingerprint density at radius 2 is 1.38 bits per heavy atom. The van der Waals surface area contributed by atoms with Crippen LogP contribution < -0.4 is 14.2 Å². The number of nitrogens with zero attached hydrogens (tertiary/aromatic N) is 2. The molecule has 0 fully saturated rings. The summed E-state index contributed by atoms with van der Waals surface area (Å²) in [6, 6.07) is 22.0. The Balaban J connectivity index is 1.48. The van der Waals surface area contributed by atoms with E-state index in [1.807, 2.05) is 30.3 Å². The number of fused-ring (bicyclic) bond motifs is 2. The van der Waals surface area contributed by atoms with Crippen LogP contribution in [0.15, 0.2) is 91.3 Å². The smallest absolute Gasteiger partial charge is 0.203 e. The molecule has 0 bridgehead atoms. The van der Waals surface area contributed by atoms with E-state index in [4.69, 9.17) is 19.2 Å². The van der Waals surface area contributed by atoms with E-state index in [0.29, 0.717) is 46.1 Å². The maximum atomic E-state index is 13.5. The first-order valence-electron chi connectivity index (χ1n) is 13.4. The minimum absolute atomic E-state index is 0.0172. The lowest BCUT2D eigenvalue weighted by atomic mass is 10.0. The van der Waals surface area contributed by atoms with E-state index in [0.717, 1.165) is 28.0 Å². The molecule has 0 atom stereocenters. The first-order chi connectivity index (χ1) is 20.4. The lowest BCUT2D eigenvalue weighted by Crippen LogP contribution is -2.00. The van der Waals surface area contributed by atoms with Crippen molar-refractivity contribution in [1.82, 2.24) is 9.55 Å². The van der Waals surface area contributed by atoms with Gasteiger partial charge in [-0.1, -0.05) is 36.4 Å². The van der Waals surface area contributed by atoms with Gasteiger partial charge in [-0.15, -0.1) is 0 Å². The number of hydrogen-bond donors (Lipinski definition) is 1. The molecule has 0 aliphatic carbocycles. The van der Waals surface area contributed by atoms with E-state index < -0.39 is 0 Å². The Kier molecular flexibility index (Phi) is 7.35. The van der Waals surface area contributed by atoms with Crippen LogP contribution in [0.25, 0.3) is 21.7 Å². The third-order valence-corrected chi connectivity index (χ3v) is 7.26. The standard InChI is InChI=1S/C34H28F2N2O4/c1-40-27-13-7-23(8-14-27)20-42-33-30-29(19-38(34(30)39)18-22-5-11-26(36)12-6-22)32(41-2)28-16-24(17-37-31(28)33)15-21-3-9-25(35)10-4-21/h3-14,16-17,19,39H,15,18,20H2,1-2H3. The summed E-state index contributed by atoms with van der Waals surface area (Å²) in [5.74, 6) is 1.06. The molecular formula is C34H28F2N2O4. The summed E-state index contributed by atoms with van der Waals surface area (Å²) in [7, 11) is 3.19. The Labute approximate surface area is 241 Å². The molecule has 4 aromatic carbocycles. The van der Waals surface area contributed by atoms with Gasteiger partial charge in [0, 0.05) is 17.8 Å². The molecule has 6 nitrogen and oxygen atoms in total. The number of halogens is 2. The van der Waals surface area contributed by atoms with Crippen LogP contribution in [0.4, 0.5) is 8.78 Å². The zero-order valence-electron chi connectivity index (χ0n) is 23.1. The van der Waals surface area contributed by atoms with Crippen LogP contribution in [0.2, 0.25) is 0 Å². The van der Waals surface area contributed by atoms with E-state index in [-0.39, 0.29) is 24.1 Å². The summed E-state index contributed by atoms with van der Waals surface area (Å²) in [6.45, 7) is 0.531. The van der Waals surface area contributed by atoms with Crippen molar-refractivity contribution in [3.05, 3.63) is 125 Å². The highest BCUT2D eigenvalue weighted by Gasteiger charge is 2.24. The van der Waals surface area contributed by atoms with Crippen molar-refractivity contribution in [2.24, 2.45) is 0 Å². The predicted molar refractivity (Wildman–Crippen MR) is 157 cm³/mol. The van der Waals surface area contributed by atoms with Crippen molar-refractivity contribution >= 4 is 21.7 Å². The third-order valence-electron chi connectivity index (χ3n) is 7.26. The number of rotatable bonds is 9. The van der Waals surface area contributed by atoms with Gasteiger partial charge in [-0.3, -0.25) is 4.98 Å². The second kappa shape index (κ2) is 11.4. The Morgan fingerprint density at radius 1 is 0.738 bits per heavy atom. The van der Waals surface area contributed by atoms with E-state index in [2.05, 4.69) is 0 Å². The normalized spacial score (nSPS) is 11.2. The average Bonchev–Trinajstić information content (AvgIpc) is 3.32. The van der Waals surface area contributed by atoms with Crippen LogP contribution in [-0.2, 0) is 19.6 Å². The minimum Gasteiger partial charge on any atom is -0.497 e. The number of methoxy groups -OCH3 is 2. The number of pyridine rings is 1. The van der Waals surface area contributed by atoms with Crippen molar-refractivity contribution in [2.45, 2.75) is 19.6 Å². The molecule has 1 N–H and O–H groups in total. The molecule has 6 aromatic rings. The summed E-state index contributed by atoms with van der Waals surface area (Å²) in [6.07, 6.45) is 4.10. The summed E-state index contributed by atoms with van der Waals surface area (Å²) in [5.41, 5.74) is 4.10. The zero-order chi connectivity index (χ0) is 29.2. The van der Waals surface area contributed by atoms with Gasteiger partial charge < -0.3 is 23.9 Å². The van der Waals surface area contributed by atoms with Crippen molar-refractivity contribution in [3.8, 4) is 23.1 Å². The molecule has 2 aromatic heterocycles. The lowest BCUT2D eigenvalue weighted by Gasteiger charge is -2.15. The van der Waals surface area contributed by atoms with Gasteiger partial charge in [0.25, 0.3) is 0 Å². The number of ether oxygens (including phenoxy) is 3. The van der Waals surface area contributed by atoms with Crippen molar-refractivity contribution in [2.75, 3.05) is 14.2 Å². The quantitative estimate of drug-likeness (QED) is 0.197. The number of benzene rings is 4. The van der Waals surface area contributed by atoms with E-state index >= 15 is 0 Å². The van der Waals surface area contributed by atoms with Crippen LogP contribution in [-0.4, -0.2) is 28.9 Å². The summed E-state index contributed by atoms with van der Waals surface area (Å²) >= 11 is 0. The first-order valence-corrected chi connectivity index (χ1v) is 13.4. The van der Waals surface area contributed by atoms with Gasteiger partial charge in [0.1, 0.15) is 35.3 Å². The highest BCUT2D eigenvalue weighted by Crippen LogP contribution is 2.47. The number of hydrogen-bond acceptors (Lipinski definition) is 5. The van der Waals surface area contributed by atoms with Crippen LogP contribution in [0.1, 0.15) is 22.3 Å². The second-order valence-electron chi connectivity index (χ2n) is 10.0. The third kappa shape index (κ3) is 5.31. The maximum Gasteiger partial charge on any atom is 0.203 e. The first kappa shape index (κ1) is 27.1. The van der Waals surface area contributed by atoms with Gasteiger partial charge in [-0.25, -0.2) is 8.78 Å². The molecule has 0 amide bonds. The molecule has 0 saturated heterocycles. The van der Waals surface area contributed by atoms with Gasteiger partial charge in [0.15, 0.2) is 5.75 Å². The van der Waals surface area contributed by atoms with Gasteiger partial charge in [0.2, 0.25) is 5.88 Å². The van der Waals surface area contributed by atoms with Crippen LogP contribution in [0.5, 0.6) is 23.1 Å². The molecular weight excluding hydrogens is 538 g/mol. The van der Waals surface area contributed by atoms with Crippen molar-refractivity contribution in [3.63, 3.8) is 0 Å². The predicted octanol–water partition coefficient (Wildman–Crippen LogP) is 7.41. The number of aromatic hydroxyl groups is 1. The molecule has 212 valence electrons. The topological polar surface area (TPSA) is 65.7 Å². The Bertz CT molecular complexity index is 1870. The highest BCUT2D eigenvalue weighted by atomic mass is 19.1. The van der Waals surface area contributed by atoms with E-state index in [1.165, 1.54) is 24.3 Å². The largest absolute Gasteiger partial charge is 0.497 e. The molecule has 0 aliphatic heterocycles. The molecule has 0 saturated carbocycles. The summed E-state index contributed by atoms with van der Waals surface area (Å²) in [5, 5.41) is 13.3. The van der Waals surface area contributed by atoms with Crippen LogP contribution in [0, 0.1) is 11.6 Å². The fourth-order valence-electron chi connectivity index (χ4n) is 5.15. The fraction of sp³-hybridized carbons (Fsp3) is 0.147. The molecule has 8 heteroatoms. The number of aromatic nitrogens is 2. The molecule has 0 spiro atoms. The Hall–Kier alpha value is -5.11. The van der Waals surface area contributed by atoms with E-state index in [9.17, 15) is 13.9 Å². The average molecular weight is 567 g/mol. The molecule has 0 unspecified atom stereocenters. The summed E-state index contributed by atoms with van der Waals surface area (Å²) in [4.78, 5) is 4.78. The summed E-state index contributed by atoms with van der Waals surface area (Å²) < 4.78 is 46.2. The van der Waals surface area contributed by atoms with Gasteiger partial charge in [-0.05, 0) is 71.1 Å². The van der Waals surface area contributed by atoms with Crippen LogP contribution >= 0.6 is 0 Å². The highest BCUT2D eigenvalue weighted by molar-refractivity contribution is 6.12. The fourth-order valence-corrected chi connectivity index (χ4v) is 5.15. The van der Waals surface area contributed by atoms with Crippen LogP contribution in [0.3, 0.4) is 0 Å². The maximum absolute atomic E-state index is 13.5. The molecule has 0 aliphatic rings. The zero-order valence-corrected chi connectivity index (χ0v) is 23.1. The van der Waals surface area contributed by atoms with Gasteiger partial charge >= 0.3 is 0 Å². The lowest BCUT2D eigenvalue weighted by molar-refractivity contribution is 0.311. The Morgan fingerprint density at radius 3 is 2.02 bits per heavy atom. The molecule has 2 heterocycles. The van der Waals surface area contributed by atoms with Gasteiger partial charge in [0.05, 0.1) is 31.5 Å².